The fourth-order valence-corrected chi connectivity index (χ4v) is 3.75. The van der Waals surface area contributed by atoms with Crippen molar-refractivity contribution in [1.82, 2.24) is 20.2 Å². The molecule has 8 nitrogen and oxygen atoms in total. The largest absolute Gasteiger partial charge is 0.378 e. The maximum absolute atomic E-state index is 12.9. The minimum atomic E-state index is -0.960. The van der Waals surface area contributed by atoms with Gasteiger partial charge in [-0.1, -0.05) is 26.0 Å². The third-order valence-corrected chi connectivity index (χ3v) is 6.00. The lowest BCUT2D eigenvalue weighted by Crippen LogP contribution is -2.74. The van der Waals surface area contributed by atoms with Gasteiger partial charge in [0.1, 0.15) is 5.54 Å². The van der Waals surface area contributed by atoms with E-state index in [1.165, 1.54) is 0 Å². The Morgan fingerprint density at radius 1 is 1.39 bits per heavy atom. The van der Waals surface area contributed by atoms with Gasteiger partial charge in [0.2, 0.25) is 5.91 Å². The molecule has 0 saturated heterocycles. The second-order valence-electron chi connectivity index (χ2n) is 8.05. The number of tetrazole rings is 1. The molecule has 152 valence electrons. The average molecular weight is 407 g/mol. The molecule has 9 heteroatoms. The van der Waals surface area contributed by atoms with Crippen molar-refractivity contribution in [3.05, 3.63) is 24.3 Å². The van der Waals surface area contributed by atoms with Crippen LogP contribution in [0.2, 0.25) is 0 Å². The minimum absolute atomic E-state index is 0. The van der Waals surface area contributed by atoms with Crippen molar-refractivity contribution in [2.75, 3.05) is 11.9 Å². The van der Waals surface area contributed by atoms with Crippen molar-refractivity contribution in [2.45, 2.75) is 57.7 Å². The number of carbonyl (C=O) groups excluding carboxylic acids is 1. The van der Waals surface area contributed by atoms with Gasteiger partial charge >= 0.3 is 0 Å². The number of hydrogen-bond donors (Lipinski definition) is 2. The molecule has 2 saturated carbocycles. The van der Waals surface area contributed by atoms with Crippen molar-refractivity contribution in [3.8, 4) is 11.4 Å². The molecule has 2 atom stereocenters. The SMILES string of the molecule is CCOC1CC(N)(C(=O)Nc2cccc(-c3nnnn3C3CC3)c2)C1(C)C.Cl. The van der Waals surface area contributed by atoms with E-state index < -0.39 is 11.0 Å². The predicted molar refractivity (Wildman–Crippen MR) is 108 cm³/mol. The van der Waals surface area contributed by atoms with Gasteiger partial charge in [-0.3, -0.25) is 4.79 Å². The topological polar surface area (TPSA) is 108 Å². The maximum atomic E-state index is 12.9. The van der Waals surface area contributed by atoms with Crippen LogP contribution in [0.15, 0.2) is 24.3 Å². The van der Waals surface area contributed by atoms with E-state index in [1.54, 1.807) is 0 Å². The summed E-state index contributed by atoms with van der Waals surface area (Å²) in [6, 6.07) is 7.94. The minimum Gasteiger partial charge on any atom is -0.378 e. The molecular weight excluding hydrogens is 380 g/mol. The van der Waals surface area contributed by atoms with Gasteiger partial charge < -0.3 is 15.8 Å². The molecule has 2 aliphatic rings. The molecule has 0 radical (unpaired) electrons. The second-order valence-corrected chi connectivity index (χ2v) is 8.05. The molecule has 28 heavy (non-hydrogen) atoms. The summed E-state index contributed by atoms with van der Waals surface area (Å²) in [4.78, 5) is 12.9. The van der Waals surface area contributed by atoms with Crippen molar-refractivity contribution >= 4 is 24.0 Å². The highest BCUT2D eigenvalue weighted by molar-refractivity contribution is 6.00. The molecule has 4 rings (SSSR count). The van der Waals surface area contributed by atoms with Crippen molar-refractivity contribution < 1.29 is 9.53 Å². The lowest BCUT2D eigenvalue weighted by molar-refractivity contribution is -0.166. The molecule has 0 aliphatic heterocycles. The van der Waals surface area contributed by atoms with Crippen LogP contribution < -0.4 is 11.1 Å². The van der Waals surface area contributed by atoms with Crippen LogP contribution in [0.5, 0.6) is 0 Å². The molecule has 1 heterocycles. The highest BCUT2D eigenvalue weighted by Gasteiger charge is 2.62. The van der Waals surface area contributed by atoms with Crippen LogP contribution in [-0.2, 0) is 9.53 Å². The van der Waals surface area contributed by atoms with E-state index in [4.69, 9.17) is 10.5 Å². The van der Waals surface area contributed by atoms with Gasteiger partial charge in [-0.25, -0.2) is 4.68 Å². The first-order chi connectivity index (χ1) is 12.9. The molecule has 2 fully saturated rings. The normalized spacial score (nSPS) is 25.5. The summed E-state index contributed by atoms with van der Waals surface area (Å²) in [6.45, 7) is 6.53. The highest BCUT2D eigenvalue weighted by Crippen LogP contribution is 2.50. The molecule has 2 aliphatic carbocycles. The Morgan fingerprint density at radius 3 is 2.79 bits per heavy atom. The van der Waals surface area contributed by atoms with E-state index in [0.29, 0.717) is 24.8 Å². The summed E-state index contributed by atoms with van der Waals surface area (Å²) >= 11 is 0. The summed E-state index contributed by atoms with van der Waals surface area (Å²) in [5, 5.41) is 15.0. The fourth-order valence-electron chi connectivity index (χ4n) is 3.75. The van der Waals surface area contributed by atoms with E-state index >= 15 is 0 Å². The predicted octanol–water partition coefficient (Wildman–Crippen LogP) is 2.57. The molecule has 2 aromatic rings. The second kappa shape index (κ2) is 7.42. The zero-order chi connectivity index (χ0) is 19.2. The number of aromatic nitrogens is 4. The number of nitrogens with zero attached hydrogens (tertiary/aromatic N) is 4. The van der Waals surface area contributed by atoms with E-state index in [9.17, 15) is 4.79 Å². The number of amides is 1. The van der Waals surface area contributed by atoms with Gasteiger partial charge in [0.25, 0.3) is 0 Å². The first kappa shape index (κ1) is 20.7. The van der Waals surface area contributed by atoms with Crippen LogP contribution in [0, 0.1) is 5.41 Å². The van der Waals surface area contributed by atoms with Crippen molar-refractivity contribution in [3.63, 3.8) is 0 Å². The molecule has 1 aromatic heterocycles. The summed E-state index contributed by atoms with van der Waals surface area (Å²) in [7, 11) is 0. The summed E-state index contributed by atoms with van der Waals surface area (Å²) in [5.41, 5.74) is 6.63. The zero-order valence-corrected chi connectivity index (χ0v) is 17.2. The molecule has 0 bridgehead atoms. The molecular formula is C19H27ClN6O2. The Morgan fingerprint density at radius 2 is 2.14 bits per heavy atom. The van der Waals surface area contributed by atoms with Crippen LogP contribution >= 0.6 is 12.4 Å². The van der Waals surface area contributed by atoms with Gasteiger partial charge in [0.15, 0.2) is 5.82 Å². The molecule has 0 spiro atoms. The lowest BCUT2D eigenvalue weighted by Gasteiger charge is -2.57. The number of hydrogen-bond acceptors (Lipinski definition) is 6. The Hall–Kier alpha value is -2.03. The van der Waals surface area contributed by atoms with Gasteiger partial charge in [-0.15, -0.1) is 17.5 Å². The fraction of sp³-hybridized carbons (Fsp3) is 0.579. The third kappa shape index (κ3) is 3.29. The Kier molecular flexibility index (Phi) is 5.49. The smallest absolute Gasteiger partial charge is 0.245 e. The van der Waals surface area contributed by atoms with E-state index in [1.807, 2.05) is 49.7 Å². The van der Waals surface area contributed by atoms with E-state index in [-0.39, 0.29) is 24.4 Å². The monoisotopic (exact) mass is 406 g/mol. The molecule has 2 unspecified atom stereocenters. The summed E-state index contributed by atoms with van der Waals surface area (Å²) in [6.07, 6.45) is 2.70. The molecule has 1 amide bonds. The van der Waals surface area contributed by atoms with Crippen LogP contribution in [-0.4, -0.2) is 44.4 Å². The Labute approximate surface area is 170 Å². The highest BCUT2D eigenvalue weighted by atomic mass is 35.5. The summed E-state index contributed by atoms with van der Waals surface area (Å²) in [5.74, 6) is 0.527. The van der Waals surface area contributed by atoms with Crippen molar-refractivity contribution in [2.24, 2.45) is 11.1 Å². The molecule has 3 N–H and O–H groups in total. The number of halogens is 1. The van der Waals surface area contributed by atoms with Crippen LogP contribution in [0.3, 0.4) is 0 Å². The average Bonchev–Trinajstić information content (AvgIpc) is 3.38. The van der Waals surface area contributed by atoms with Crippen LogP contribution in [0.25, 0.3) is 11.4 Å². The van der Waals surface area contributed by atoms with Gasteiger partial charge in [0, 0.05) is 29.7 Å². The summed E-state index contributed by atoms with van der Waals surface area (Å²) < 4.78 is 7.57. The number of rotatable bonds is 6. The number of carbonyl (C=O) groups is 1. The Balaban J connectivity index is 0.00000225. The number of benzene rings is 1. The number of nitrogens with two attached hydrogens (primary N) is 1. The quantitative estimate of drug-likeness (QED) is 0.763. The van der Waals surface area contributed by atoms with Gasteiger partial charge in [0.05, 0.1) is 12.1 Å². The number of ether oxygens (including phenoxy) is 1. The van der Waals surface area contributed by atoms with Gasteiger partial charge in [-0.2, -0.15) is 0 Å². The van der Waals surface area contributed by atoms with Crippen LogP contribution in [0.4, 0.5) is 5.69 Å². The lowest BCUT2D eigenvalue weighted by atomic mass is 9.54. The number of anilines is 1. The standard InChI is InChI=1S/C19H26N6O2.ClH/c1-4-27-15-11-19(20,18(15,2)3)17(26)21-13-7-5-6-12(10-13)16-22-23-24-25(16)14-8-9-14;/h5-7,10,14-15H,4,8-9,11,20H2,1-3H3,(H,21,26);1H. The zero-order valence-electron chi connectivity index (χ0n) is 16.4. The Bertz CT molecular complexity index is 866. The third-order valence-electron chi connectivity index (χ3n) is 6.00. The molecule has 1 aromatic carbocycles. The van der Waals surface area contributed by atoms with Gasteiger partial charge in [-0.05, 0) is 42.3 Å². The van der Waals surface area contributed by atoms with Crippen molar-refractivity contribution in [1.29, 1.82) is 0 Å². The number of nitrogens with one attached hydrogen (secondary N) is 1. The van der Waals surface area contributed by atoms with E-state index in [2.05, 4.69) is 20.8 Å². The maximum Gasteiger partial charge on any atom is 0.245 e. The first-order valence-corrected chi connectivity index (χ1v) is 9.47. The first-order valence-electron chi connectivity index (χ1n) is 9.47. The van der Waals surface area contributed by atoms with E-state index in [0.717, 1.165) is 24.2 Å². The van der Waals surface area contributed by atoms with Crippen LogP contribution in [0.1, 0.15) is 46.1 Å².